The third-order valence-corrected chi connectivity index (χ3v) is 5.71. The van der Waals surface area contributed by atoms with E-state index in [2.05, 4.69) is 4.98 Å². The fourth-order valence-corrected chi connectivity index (χ4v) is 4.32. The van der Waals surface area contributed by atoms with Crippen LogP contribution in [0.25, 0.3) is 0 Å². The van der Waals surface area contributed by atoms with Gasteiger partial charge in [-0.2, -0.15) is 0 Å². The molecule has 160 valence electrons. The van der Waals surface area contributed by atoms with Gasteiger partial charge in [-0.3, -0.25) is 4.79 Å². The van der Waals surface area contributed by atoms with Crippen LogP contribution in [0.3, 0.4) is 0 Å². The lowest BCUT2D eigenvalue weighted by Gasteiger charge is -2.22. The lowest BCUT2D eigenvalue weighted by atomic mass is 9.80. The van der Waals surface area contributed by atoms with Gasteiger partial charge in [-0.15, -0.1) is 0 Å². The molecule has 1 aliphatic carbocycles. The van der Waals surface area contributed by atoms with Crippen molar-refractivity contribution in [3.8, 4) is 5.75 Å². The molecule has 1 aromatic heterocycles. The molecule has 0 spiro atoms. The van der Waals surface area contributed by atoms with Crippen molar-refractivity contribution < 1.29 is 19.1 Å². The van der Waals surface area contributed by atoms with Gasteiger partial charge >= 0.3 is 5.97 Å². The average Bonchev–Trinajstić information content (AvgIpc) is 3.14. The van der Waals surface area contributed by atoms with Gasteiger partial charge in [0.1, 0.15) is 11.4 Å². The van der Waals surface area contributed by atoms with Gasteiger partial charge in [0.25, 0.3) is 0 Å². The summed E-state index contributed by atoms with van der Waals surface area (Å²) in [6.07, 6.45) is 1.61. The molecule has 0 radical (unpaired) electrons. The molecule has 0 fully saturated rings. The zero-order valence-corrected chi connectivity index (χ0v) is 17.9. The zero-order chi connectivity index (χ0) is 21.8. The van der Waals surface area contributed by atoms with E-state index in [-0.39, 0.29) is 18.3 Å². The van der Waals surface area contributed by atoms with Crippen LogP contribution in [0.5, 0.6) is 5.75 Å². The minimum atomic E-state index is -0.409. The molecule has 0 saturated carbocycles. The zero-order valence-electron chi connectivity index (χ0n) is 17.9. The van der Waals surface area contributed by atoms with Crippen molar-refractivity contribution in [3.63, 3.8) is 0 Å². The lowest BCUT2D eigenvalue weighted by molar-refractivity contribution is 0.0519. The normalized spacial score (nSPS) is 15.4. The predicted octanol–water partition coefficient (Wildman–Crippen LogP) is 5.09. The van der Waals surface area contributed by atoms with Gasteiger partial charge in [0.05, 0.1) is 13.2 Å². The van der Waals surface area contributed by atoms with Crippen LogP contribution >= 0.6 is 0 Å². The number of aromatic amines is 1. The van der Waals surface area contributed by atoms with E-state index in [0.717, 1.165) is 28.1 Å². The molecule has 0 amide bonds. The van der Waals surface area contributed by atoms with E-state index >= 15 is 0 Å². The highest BCUT2D eigenvalue weighted by Gasteiger charge is 2.33. The second kappa shape index (κ2) is 9.21. The van der Waals surface area contributed by atoms with Crippen LogP contribution in [0.1, 0.15) is 69.4 Å². The number of aromatic nitrogens is 1. The second-order valence-corrected chi connectivity index (χ2v) is 7.75. The molecule has 5 heteroatoms. The largest absolute Gasteiger partial charge is 0.494 e. The minimum Gasteiger partial charge on any atom is -0.494 e. The van der Waals surface area contributed by atoms with Gasteiger partial charge in [0.15, 0.2) is 5.78 Å². The second-order valence-electron chi connectivity index (χ2n) is 7.75. The number of esters is 1. The fourth-order valence-electron chi connectivity index (χ4n) is 4.32. The minimum absolute atomic E-state index is 0.0638. The van der Waals surface area contributed by atoms with Crippen LogP contribution < -0.4 is 4.74 Å². The molecule has 0 aliphatic heterocycles. The van der Waals surface area contributed by atoms with E-state index in [9.17, 15) is 9.59 Å². The lowest BCUT2D eigenvalue weighted by Crippen LogP contribution is -2.19. The summed E-state index contributed by atoms with van der Waals surface area (Å²) in [5.41, 5.74) is 4.78. The van der Waals surface area contributed by atoms with Crippen molar-refractivity contribution in [3.05, 3.63) is 88.2 Å². The molecule has 1 unspecified atom stereocenters. The Morgan fingerprint density at radius 1 is 1.00 bits per heavy atom. The molecular weight excluding hydrogens is 390 g/mol. The molecule has 1 N–H and O–H groups in total. The van der Waals surface area contributed by atoms with E-state index < -0.39 is 5.97 Å². The molecule has 4 rings (SSSR count). The van der Waals surface area contributed by atoms with Crippen LogP contribution in [-0.4, -0.2) is 30.0 Å². The highest BCUT2D eigenvalue weighted by molar-refractivity contribution is 6.04. The van der Waals surface area contributed by atoms with Crippen LogP contribution in [0.2, 0.25) is 0 Å². The number of carbonyl (C=O) groups excluding carboxylic acids is 2. The quantitative estimate of drug-likeness (QED) is 0.544. The van der Waals surface area contributed by atoms with Crippen LogP contribution in [0.15, 0.2) is 54.6 Å². The van der Waals surface area contributed by atoms with E-state index in [1.807, 2.05) is 61.5 Å². The van der Waals surface area contributed by atoms with Crippen LogP contribution in [-0.2, 0) is 17.6 Å². The summed E-state index contributed by atoms with van der Waals surface area (Å²) in [7, 11) is 0. The molecule has 31 heavy (non-hydrogen) atoms. The smallest absolute Gasteiger partial charge is 0.355 e. The fraction of sp³-hybridized carbons (Fsp3) is 0.308. The van der Waals surface area contributed by atoms with E-state index in [1.165, 1.54) is 0 Å². The Balaban J connectivity index is 1.68. The number of nitrogens with one attached hydrogen (secondary N) is 1. The first-order valence-corrected chi connectivity index (χ1v) is 10.8. The number of ether oxygens (including phenoxy) is 2. The first-order chi connectivity index (χ1) is 15.1. The standard InChI is InChI=1S/C26H27NO4/c1-3-30-20-12-10-18(11-13-20)19-15-22-24(23(28)16-19)21(14-17-8-6-5-7-9-17)25(27-22)26(29)31-4-2/h5-13,19,27H,3-4,14-16H2,1-2H3. The Hall–Kier alpha value is -3.34. The summed E-state index contributed by atoms with van der Waals surface area (Å²) in [5.74, 6) is 0.545. The summed E-state index contributed by atoms with van der Waals surface area (Å²) in [6, 6.07) is 17.8. The number of carbonyl (C=O) groups is 2. The number of ketones is 1. The van der Waals surface area contributed by atoms with Gasteiger partial charge in [-0.25, -0.2) is 4.79 Å². The maximum Gasteiger partial charge on any atom is 0.355 e. The number of rotatable bonds is 7. The van der Waals surface area contributed by atoms with Crippen molar-refractivity contribution in [2.75, 3.05) is 13.2 Å². The molecule has 5 nitrogen and oxygen atoms in total. The van der Waals surface area contributed by atoms with E-state index in [4.69, 9.17) is 9.47 Å². The number of hydrogen-bond acceptors (Lipinski definition) is 4. The summed E-state index contributed by atoms with van der Waals surface area (Å²) >= 11 is 0. The number of H-pyrrole nitrogens is 1. The van der Waals surface area contributed by atoms with Gasteiger partial charge < -0.3 is 14.5 Å². The van der Waals surface area contributed by atoms with Gasteiger partial charge in [-0.05, 0) is 55.0 Å². The molecular formula is C26H27NO4. The molecule has 3 aromatic rings. The number of Topliss-reactive ketones (excluding diaryl/α,β-unsaturated/α-hetero) is 1. The molecule has 0 saturated heterocycles. The van der Waals surface area contributed by atoms with Gasteiger partial charge in [-0.1, -0.05) is 42.5 Å². The summed E-state index contributed by atoms with van der Waals surface area (Å²) in [6.45, 7) is 4.64. The summed E-state index contributed by atoms with van der Waals surface area (Å²) < 4.78 is 10.8. The average molecular weight is 418 g/mol. The summed E-state index contributed by atoms with van der Waals surface area (Å²) in [5, 5.41) is 0. The Labute approximate surface area is 182 Å². The molecule has 1 atom stereocenters. The van der Waals surface area contributed by atoms with Crippen molar-refractivity contribution in [1.29, 1.82) is 0 Å². The Morgan fingerprint density at radius 3 is 2.42 bits per heavy atom. The Bertz CT molecular complexity index is 1070. The first-order valence-electron chi connectivity index (χ1n) is 10.8. The van der Waals surface area contributed by atoms with Crippen molar-refractivity contribution in [2.45, 2.75) is 39.0 Å². The molecule has 1 aliphatic rings. The Morgan fingerprint density at radius 2 is 1.74 bits per heavy atom. The first kappa shape index (κ1) is 20.9. The van der Waals surface area contributed by atoms with Crippen LogP contribution in [0, 0.1) is 0 Å². The molecule has 0 bridgehead atoms. The molecule has 2 aromatic carbocycles. The van der Waals surface area contributed by atoms with Gasteiger partial charge in [0, 0.05) is 24.1 Å². The van der Waals surface area contributed by atoms with Crippen molar-refractivity contribution in [2.24, 2.45) is 0 Å². The maximum absolute atomic E-state index is 13.2. The third-order valence-electron chi connectivity index (χ3n) is 5.71. The monoisotopic (exact) mass is 417 g/mol. The number of benzene rings is 2. The maximum atomic E-state index is 13.2. The number of hydrogen-bond donors (Lipinski definition) is 1. The highest BCUT2D eigenvalue weighted by Crippen LogP contribution is 2.36. The van der Waals surface area contributed by atoms with Crippen LogP contribution in [0.4, 0.5) is 0 Å². The van der Waals surface area contributed by atoms with E-state index in [0.29, 0.717) is 37.1 Å². The van der Waals surface area contributed by atoms with Crippen molar-refractivity contribution in [1.82, 2.24) is 4.98 Å². The third kappa shape index (κ3) is 4.41. The SMILES string of the molecule is CCOC(=O)c1[nH]c2c(c1Cc1ccccc1)C(=O)CC(c1ccc(OCC)cc1)C2. The van der Waals surface area contributed by atoms with E-state index in [1.54, 1.807) is 6.92 Å². The number of fused-ring (bicyclic) bond motifs is 1. The predicted molar refractivity (Wildman–Crippen MR) is 119 cm³/mol. The Kier molecular flexibility index (Phi) is 6.21. The molecule has 1 heterocycles. The highest BCUT2D eigenvalue weighted by atomic mass is 16.5. The topological polar surface area (TPSA) is 68.4 Å². The summed E-state index contributed by atoms with van der Waals surface area (Å²) in [4.78, 5) is 29.1. The van der Waals surface area contributed by atoms with Gasteiger partial charge in [0.2, 0.25) is 0 Å². The van der Waals surface area contributed by atoms with Crippen molar-refractivity contribution >= 4 is 11.8 Å².